The first kappa shape index (κ1) is 29.8. The van der Waals surface area contributed by atoms with E-state index in [-0.39, 0.29) is 46.9 Å². The van der Waals surface area contributed by atoms with Gasteiger partial charge in [0.05, 0.1) is 48.5 Å². The number of hydrogen-bond acceptors (Lipinski definition) is 16. The van der Waals surface area contributed by atoms with Crippen LogP contribution in [0.3, 0.4) is 0 Å². The van der Waals surface area contributed by atoms with Crippen LogP contribution in [0.25, 0.3) is 22.3 Å². The number of aliphatic hydroxyl groups is 2. The molecule has 7 heterocycles. The van der Waals surface area contributed by atoms with E-state index in [0.717, 1.165) is 0 Å². The number of sulfonamides is 2. The number of aliphatic hydroxyl groups excluding tert-OH is 2. The fraction of sp³-hybridized carbons (Fsp3) is 0.545. The van der Waals surface area contributed by atoms with Crippen LogP contribution in [-0.2, 0) is 29.5 Å². The van der Waals surface area contributed by atoms with Gasteiger partial charge in [0.15, 0.2) is 35.1 Å². The summed E-state index contributed by atoms with van der Waals surface area (Å²) in [7, 11) is -8.37. The van der Waals surface area contributed by atoms with Crippen molar-refractivity contribution in [3.8, 4) is 0 Å². The number of nitrogen functional groups attached to an aromatic ring is 2. The Morgan fingerprint density at radius 3 is 2.16 bits per heavy atom. The summed E-state index contributed by atoms with van der Waals surface area (Å²) in [5.41, 5.74) is 11.2. The van der Waals surface area contributed by atoms with Crippen LogP contribution in [0.2, 0.25) is 0 Å². The first-order valence-corrected chi connectivity index (χ1v) is 16.9. The first-order chi connectivity index (χ1) is 21.3. The number of nitrogens with two attached hydrogens (primary N) is 2. The summed E-state index contributed by atoms with van der Waals surface area (Å²) < 4.78 is 73.0. The molecule has 9 N–H and O–H groups in total. The number of aromatic amines is 1. The number of anilines is 2. The maximum absolute atomic E-state index is 13.4. The van der Waals surface area contributed by atoms with Crippen molar-refractivity contribution in [2.45, 2.75) is 61.8 Å². The van der Waals surface area contributed by atoms with E-state index >= 15 is 0 Å². The van der Waals surface area contributed by atoms with Gasteiger partial charge in [-0.05, 0) is 12.8 Å². The van der Waals surface area contributed by atoms with Crippen molar-refractivity contribution in [1.82, 2.24) is 48.5 Å². The lowest BCUT2D eigenvalue weighted by Gasteiger charge is -2.24. The van der Waals surface area contributed by atoms with Crippen molar-refractivity contribution >= 4 is 54.1 Å². The Morgan fingerprint density at radius 2 is 1.42 bits per heavy atom. The molecule has 3 aliphatic heterocycles. The van der Waals surface area contributed by atoms with E-state index in [1.165, 1.54) is 28.1 Å². The number of nitrogens with one attached hydrogen (secondary N) is 3. The minimum Gasteiger partial charge on any atom is -0.389 e. The molecule has 21 nitrogen and oxygen atoms in total. The predicted octanol–water partition coefficient (Wildman–Crippen LogP) is -3.99. The van der Waals surface area contributed by atoms with Crippen molar-refractivity contribution in [3.63, 3.8) is 0 Å². The zero-order chi connectivity index (χ0) is 31.8. The highest BCUT2D eigenvalue weighted by atomic mass is 32.2. The molecule has 23 heteroatoms. The third-order valence-electron chi connectivity index (χ3n) is 8.10. The number of fused-ring (bicyclic) bond motifs is 5. The lowest BCUT2D eigenvalue weighted by Crippen LogP contribution is -2.49. The molecule has 3 saturated heterocycles. The van der Waals surface area contributed by atoms with E-state index < -0.39 is 86.1 Å². The zero-order valence-corrected chi connectivity index (χ0v) is 24.7. The molecule has 0 aliphatic carbocycles. The van der Waals surface area contributed by atoms with Gasteiger partial charge in [-0.25, -0.2) is 46.2 Å². The van der Waals surface area contributed by atoms with Gasteiger partial charge in [-0.3, -0.25) is 18.9 Å². The van der Waals surface area contributed by atoms with Crippen molar-refractivity contribution < 1.29 is 36.5 Å². The maximum atomic E-state index is 13.4. The van der Waals surface area contributed by atoms with E-state index in [1.54, 1.807) is 0 Å². The number of aromatic nitrogens is 8. The average molecular weight is 669 g/mol. The molecule has 4 aromatic heterocycles. The van der Waals surface area contributed by atoms with Gasteiger partial charge in [-0.15, -0.1) is 0 Å². The summed E-state index contributed by atoms with van der Waals surface area (Å²) in [4.78, 5) is 34.9. The molecular formula is C22H28N12O9S2. The third kappa shape index (κ3) is 5.19. The Kier molecular flexibility index (Phi) is 7.04. The first-order valence-electron chi connectivity index (χ1n) is 13.6. The highest BCUT2D eigenvalue weighted by Gasteiger charge is 2.50. The molecule has 2 bridgehead atoms. The van der Waals surface area contributed by atoms with Crippen LogP contribution in [0.4, 0.5) is 11.8 Å². The molecule has 0 saturated carbocycles. The molecule has 45 heavy (non-hydrogen) atoms. The summed E-state index contributed by atoms with van der Waals surface area (Å²) in [5, 5.41) is 22.4. The van der Waals surface area contributed by atoms with Crippen molar-refractivity contribution in [2.75, 3.05) is 23.0 Å². The molecule has 3 fully saturated rings. The smallest absolute Gasteiger partial charge is 0.280 e. The minimum atomic E-state index is -4.21. The van der Waals surface area contributed by atoms with Crippen LogP contribution in [0, 0.1) is 0 Å². The Labute approximate surface area is 253 Å². The number of nitrogens with zero attached hydrogens (tertiary/aromatic N) is 7. The zero-order valence-electron chi connectivity index (χ0n) is 23.0. The van der Waals surface area contributed by atoms with Crippen molar-refractivity contribution in [3.05, 3.63) is 29.3 Å². The fourth-order valence-corrected chi connectivity index (χ4v) is 8.67. The summed E-state index contributed by atoms with van der Waals surface area (Å²) in [6.45, 7) is 0. The van der Waals surface area contributed by atoms with Gasteiger partial charge in [0.2, 0.25) is 26.0 Å². The molecule has 4 unspecified atom stereocenters. The van der Waals surface area contributed by atoms with Gasteiger partial charge in [-0.2, -0.15) is 4.98 Å². The standard InChI is InChI=1S/C22H28N12O9S2/c23-16-12-17(26-5-25-16)33(6-27-12)21-15(36)10-8(42-21)1-3-45(40,41)32-11-14(35)9(2-4-44(38,39)31-10)43-20(11)34-7-28-13-18(34)29-22(24)30-19(13)37/h5-11,14-15,20-21,31-32,35-36H,1-4H2,(H2,23,25,26)(H3,24,29,30,37)/t8-,9-,10?,11?,14?,15?,20-,21-/m1/s1. The molecule has 4 aromatic rings. The van der Waals surface area contributed by atoms with Crippen LogP contribution < -0.4 is 26.5 Å². The lowest BCUT2D eigenvalue weighted by molar-refractivity contribution is -0.0353. The largest absolute Gasteiger partial charge is 0.389 e. The van der Waals surface area contributed by atoms with Crippen LogP contribution in [0.1, 0.15) is 25.3 Å². The van der Waals surface area contributed by atoms with Crippen molar-refractivity contribution in [1.29, 1.82) is 0 Å². The van der Waals surface area contributed by atoms with E-state index in [1.807, 2.05) is 0 Å². The van der Waals surface area contributed by atoms with Gasteiger partial charge in [-0.1, -0.05) is 0 Å². The van der Waals surface area contributed by atoms with Crippen LogP contribution in [0.5, 0.6) is 0 Å². The molecule has 7 rings (SSSR count). The van der Waals surface area contributed by atoms with Crippen LogP contribution in [0.15, 0.2) is 23.8 Å². The second-order valence-corrected chi connectivity index (χ2v) is 14.7. The molecule has 0 aromatic carbocycles. The number of hydrogen-bond donors (Lipinski definition) is 7. The molecule has 3 aliphatic rings. The van der Waals surface area contributed by atoms with E-state index in [9.17, 15) is 31.8 Å². The molecular weight excluding hydrogens is 640 g/mol. The second kappa shape index (κ2) is 10.6. The van der Waals surface area contributed by atoms with Crippen LogP contribution >= 0.6 is 0 Å². The molecule has 0 radical (unpaired) electrons. The quantitative estimate of drug-likeness (QED) is 0.107. The summed E-state index contributed by atoms with van der Waals surface area (Å²) >= 11 is 0. The van der Waals surface area contributed by atoms with Gasteiger partial charge < -0.3 is 31.2 Å². The lowest BCUT2D eigenvalue weighted by atomic mass is 10.1. The third-order valence-corrected chi connectivity index (χ3v) is 10.9. The van der Waals surface area contributed by atoms with E-state index in [2.05, 4.69) is 39.3 Å². The normalized spacial score (nSPS) is 33.4. The highest BCUT2D eigenvalue weighted by Crippen LogP contribution is 2.36. The summed E-state index contributed by atoms with van der Waals surface area (Å²) in [6, 6.07) is -2.59. The number of imidazole rings is 2. The SMILES string of the molecule is Nc1nc2c(ncn2[C@@H]2O[C@@H]3CCS(=O)(=O)NC4C(O)[C@H](n5cnc6c(N)ncnc65)O[C@@H]4CCS(=O)(=O)NC2C3O)c(=O)[nH]1. The second-order valence-electron chi connectivity index (χ2n) is 11.0. The van der Waals surface area contributed by atoms with Gasteiger partial charge in [0.1, 0.15) is 24.1 Å². The van der Waals surface area contributed by atoms with Crippen molar-refractivity contribution in [2.24, 2.45) is 0 Å². The molecule has 0 spiro atoms. The summed E-state index contributed by atoms with van der Waals surface area (Å²) in [5.74, 6) is -1.30. The molecule has 0 amide bonds. The Morgan fingerprint density at radius 1 is 0.800 bits per heavy atom. The number of rotatable bonds is 2. The van der Waals surface area contributed by atoms with Gasteiger partial charge >= 0.3 is 0 Å². The van der Waals surface area contributed by atoms with Crippen LogP contribution in [-0.4, -0.2) is 114 Å². The molecule has 242 valence electrons. The maximum Gasteiger partial charge on any atom is 0.280 e. The minimum absolute atomic E-state index is 0.0324. The average Bonchev–Trinajstić information content (AvgIpc) is 3.72. The predicted molar refractivity (Wildman–Crippen MR) is 153 cm³/mol. The Balaban J connectivity index is 1.21. The monoisotopic (exact) mass is 668 g/mol. The van der Waals surface area contributed by atoms with E-state index in [4.69, 9.17) is 20.9 Å². The number of H-pyrrole nitrogens is 1. The number of ether oxygens (including phenoxy) is 2. The Bertz CT molecular complexity index is 2070. The molecule has 8 atom stereocenters. The highest BCUT2D eigenvalue weighted by molar-refractivity contribution is 7.89. The Hall–Kier alpha value is -3.84. The van der Waals surface area contributed by atoms with Gasteiger partial charge in [0.25, 0.3) is 5.56 Å². The van der Waals surface area contributed by atoms with E-state index in [0.29, 0.717) is 0 Å². The summed E-state index contributed by atoms with van der Waals surface area (Å²) in [6.07, 6.45) is -4.60. The van der Waals surface area contributed by atoms with Gasteiger partial charge in [0, 0.05) is 0 Å². The topological polar surface area (TPSA) is 310 Å². The fourth-order valence-electron chi connectivity index (χ4n) is 5.97.